The number of hydrogen-bond acceptors (Lipinski definition) is 4. The zero-order valence-electron chi connectivity index (χ0n) is 14.1. The van der Waals surface area contributed by atoms with E-state index in [0.717, 1.165) is 29.3 Å². The van der Waals surface area contributed by atoms with Gasteiger partial charge in [-0.25, -0.2) is 4.39 Å². The van der Waals surface area contributed by atoms with E-state index in [1.165, 1.54) is 0 Å². The third-order valence-electron chi connectivity index (χ3n) is 3.75. The topological polar surface area (TPSA) is 81.5 Å². The molecule has 0 unspecified atom stereocenters. The largest absolute Gasteiger partial charge is 0.477 e. The summed E-state index contributed by atoms with van der Waals surface area (Å²) in [4.78, 5) is 22.2. The van der Waals surface area contributed by atoms with Gasteiger partial charge in [0.2, 0.25) is 5.75 Å². The summed E-state index contributed by atoms with van der Waals surface area (Å²) < 4.78 is 18.4. The monoisotopic (exact) mass is 366 g/mol. The normalized spacial score (nSPS) is 10.3. The molecule has 0 aliphatic rings. The third kappa shape index (κ3) is 4.66. The first-order valence-electron chi connectivity index (χ1n) is 8.05. The van der Waals surface area contributed by atoms with Gasteiger partial charge >= 0.3 is 5.69 Å². The second-order valence-electron chi connectivity index (χ2n) is 5.65. The molecule has 136 valence electrons. The Morgan fingerprint density at radius 3 is 2.33 bits per heavy atom. The van der Waals surface area contributed by atoms with Gasteiger partial charge in [0.25, 0.3) is 5.91 Å². The van der Waals surface area contributed by atoms with Crippen LogP contribution in [0.1, 0.15) is 0 Å². The molecule has 0 fully saturated rings. The molecule has 3 aromatic carbocycles. The van der Waals surface area contributed by atoms with Crippen molar-refractivity contribution in [3.8, 4) is 16.9 Å². The van der Waals surface area contributed by atoms with Crippen molar-refractivity contribution in [2.45, 2.75) is 0 Å². The van der Waals surface area contributed by atoms with Crippen LogP contribution in [-0.4, -0.2) is 17.4 Å². The number of nitrogens with one attached hydrogen (secondary N) is 1. The van der Waals surface area contributed by atoms with E-state index in [4.69, 9.17) is 4.74 Å². The molecule has 0 atom stereocenters. The first kappa shape index (κ1) is 18.1. The van der Waals surface area contributed by atoms with Crippen LogP contribution in [0.15, 0.2) is 72.8 Å². The number of halogens is 1. The first-order chi connectivity index (χ1) is 13.0. The summed E-state index contributed by atoms with van der Waals surface area (Å²) in [5, 5.41) is 13.5. The number of anilines is 1. The highest BCUT2D eigenvalue weighted by atomic mass is 19.1. The molecule has 7 heteroatoms. The predicted octanol–water partition coefficient (Wildman–Crippen LogP) is 4.42. The molecule has 1 N–H and O–H groups in total. The number of nitro benzene ring substituents is 1. The zero-order chi connectivity index (χ0) is 19.2. The lowest BCUT2D eigenvalue weighted by Gasteiger charge is -2.09. The molecule has 3 rings (SSSR count). The Balaban J connectivity index is 1.62. The van der Waals surface area contributed by atoms with Crippen molar-refractivity contribution in [3.63, 3.8) is 0 Å². The molecule has 6 nitrogen and oxygen atoms in total. The molecule has 0 aliphatic carbocycles. The number of carbonyl (C=O) groups is 1. The molecular formula is C20H15FN2O4. The lowest BCUT2D eigenvalue weighted by Crippen LogP contribution is -2.20. The number of rotatable bonds is 6. The van der Waals surface area contributed by atoms with Crippen LogP contribution >= 0.6 is 0 Å². The van der Waals surface area contributed by atoms with E-state index in [1.54, 1.807) is 12.1 Å². The Labute approximate surface area is 154 Å². The van der Waals surface area contributed by atoms with Crippen molar-refractivity contribution >= 4 is 17.3 Å². The molecule has 0 heterocycles. The van der Waals surface area contributed by atoms with Crippen molar-refractivity contribution < 1.29 is 18.8 Å². The Hall–Kier alpha value is -3.74. The number of carbonyl (C=O) groups excluding carboxylic acids is 1. The van der Waals surface area contributed by atoms with Crippen molar-refractivity contribution in [2.75, 3.05) is 11.9 Å². The second-order valence-corrected chi connectivity index (χ2v) is 5.65. The Morgan fingerprint density at radius 2 is 1.67 bits per heavy atom. The summed E-state index contributed by atoms with van der Waals surface area (Å²) in [5.74, 6) is -1.50. The maximum Gasteiger partial charge on any atom is 0.311 e. The highest BCUT2D eigenvalue weighted by Crippen LogP contribution is 2.27. The third-order valence-corrected chi connectivity index (χ3v) is 3.75. The Bertz CT molecular complexity index is 959. The Morgan fingerprint density at radius 1 is 1.00 bits per heavy atom. The fourth-order valence-corrected chi connectivity index (χ4v) is 2.47. The van der Waals surface area contributed by atoms with E-state index < -0.39 is 28.9 Å². The highest BCUT2D eigenvalue weighted by molar-refractivity contribution is 5.92. The lowest BCUT2D eigenvalue weighted by atomic mass is 10.1. The van der Waals surface area contributed by atoms with Gasteiger partial charge in [-0.1, -0.05) is 42.5 Å². The maximum atomic E-state index is 13.3. The second kappa shape index (κ2) is 8.09. The van der Waals surface area contributed by atoms with Gasteiger partial charge in [0.15, 0.2) is 6.61 Å². The molecule has 0 aromatic heterocycles. The minimum Gasteiger partial charge on any atom is -0.477 e. The number of amides is 1. The Kier molecular flexibility index (Phi) is 5.41. The highest BCUT2D eigenvalue weighted by Gasteiger charge is 2.17. The van der Waals surface area contributed by atoms with Gasteiger partial charge in [-0.15, -0.1) is 0 Å². The smallest absolute Gasteiger partial charge is 0.311 e. The summed E-state index contributed by atoms with van der Waals surface area (Å²) >= 11 is 0. The van der Waals surface area contributed by atoms with Gasteiger partial charge in [-0.05, 0) is 29.3 Å². The number of hydrogen-bond donors (Lipinski definition) is 1. The van der Waals surface area contributed by atoms with Gasteiger partial charge in [0.1, 0.15) is 5.82 Å². The van der Waals surface area contributed by atoms with E-state index in [0.29, 0.717) is 5.69 Å². The predicted molar refractivity (Wildman–Crippen MR) is 99.1 cm³/mol. The van der Waals surface area contributed by atoms with Crippen LogP contribution < -0.4 is 10.1 Å². The molecule has 3 aromatic rings. The number of benzene rings is 3. The van der Waals surface area contributed by atoms with Gasteiger partial charge in [0, 0.05) is 17.8 Å². The fourth-order valence-electron chi connectivity index (χ4n) is 2.47. The molecule has 0 aliphatic heterocycles. The molecule has 0 saturated carbocycles. The van der Waals surface area contributed by atoms with E-state index in [9.17, 15) is 19.3 Å². The molecule has 0 bridgehead atoms. The van der Waals surface area contributed by atoms with E-state index in [1.807, 2.05) is 42.5 Å². The molecule has 0 spiro atoms. The maximum absolute atomic E-state index is 13.3. The van der Waals surface area contributed by atoms with Crippen LogP contribution in [0.4, 0.5) is 15.8 Å². The van der Waals surface area contributed by atoms with Crippen molar-refractivity contribution in [1.29, 1.82) is 0 Å². The van der Waals surface area contributed by atoms with Crippen LogP contribution in [0.3, 0.4) is 0 Å². The lowest BCUT2D eigenvalue weighted by molar-refractivity contribution is -0.385. The van der Waals surface area contributed by atoms with Crippen molar-refractivity contribution in [2.24, 2.45) is 0 Å². The van der Waals surface area contributed by atoms with Gasteiger partial charge < -0.3 is 10.1 Å². The molecule has 1 amide bonds. The van der Waals surface area contributed by atoms with Crippen LogP contribution in [0, 0.1) is 15.9 Å². The number of nitro groups is 1. The van der Waals surface area contributed by atoms with Crippen LogP contribution in [0.5, 0.6) is 5.75 Å². The molecule has 27 heavy (non-hydrogen) atoms. The quantitative estimate of drug-likeness (QED) is 0.517. The minimum atomic E-state index is -0.699. The summed E-state index contributed by atoms with van der Waals surface area (Å²) in [6, 6.07) is 19.8. The summed E-state index contributed by atoms with van der Waals surface area (Å²) in [7, 11) is 0. The summed E-state index contributed by atoms with van der Waals surface area (Å²) in [6.45, 7) is -0.481. The van der Waals surface area contributed by atoms with Gasteiger partial charge in [-0.2, -0.15) is 0 Å². The van der Waals surface area contributed by atoms with Gasteiger partial charge in [-0.3, -0.25) is 14.9 Å². The first-order valence-corrected chi connectivity index (χ1v) is 8.05. The van der Waals surface area contributed by atoms with Gasteiger partial charge in [0.05, 0.1) is 4.92 Å². The molecular weight excluding hydrogens is 351 g/mol. The van der Waals surface area contributed by atoms with Crippen molar-refractivity contribution in [1.82, 2.24) is 0 Å². The number of nitrogens with zero attached hydrogens (tertiary/aromatic N) is 1. The van der Waals surface area contributed by atoms with Crippen LogP contribution in [0.25, 0.3) is 11.1 Å². The average Bonchev–Trinajstić information content (AvgIpc) is 2.67. The van der Waals surface area contributed by atoms with Crippen LogP contribution in [0.2, 0.25) is 0 Å². The summed E-state index contributed by atoms with van der Waals surface area (Å²) in [6.07, 6.45) is 0. The average molecular weight is 366 g/mol. The number of ether oxygens (including phenoxy) is 1. The summed E-state index contributed by atoms with van der Waals surface area (Å²) in [5.41, 5.74) is 2.20. The molecule has 0 radical (unpaired) electrons. The SMILES string of the molecule is O=C(COc1cc(F)ccc1[N+](=O)[O-])Nc1ccc(-c2ccccc2)cc1. The molecule has 0 saturated heterocycles. The van der Waals surface area contributed by atoms with E-state index in [-0.39, 0.29) is 5.75 Å². The zero-order valence-corrected chi connectivity index (χ0v) is 14.1. The van der Waals surface area contributed by atoms with Crippen molar-refractivity contribution in [3.05, 3.63) is 88.7 Å². The van der Waals surface area contributed by atoms with E-state index >= 15 is 0 Å². The van der Waals surface area contributed by atoms with E-state index in [2.05, 4.69) is 5.32 Å². The fraction of sp³-hybridized carbons (Fsp3) is 0.0500. The van der Waals surface area contributed by atoms with Crippen LogP contribution in [-0.2, 0) is 4.79 Å². The minimum absolute atomic E-state index is 0.297. The standard InChI is InChI=1S/C20H15FN2O4/c21-16-8-11-18(23(25)26)19(12-16)27-13-20(24)22-17-9-6-15(7-10-17)14-4-2-1-3-5-14/h1-12H,13H2,(H,22,24).